The maximum atomic E-state index is 13.0. The fraction of sp³-hybridized carbons (Fsp3) is 0.300. The molecule has 3 heterocycles. The van der Waals surface area contributed by atoms with E-state index in [9.17, 15) is 14.0 Å². The van der Waals surface area contributed by atoms with Gasteiger partial charge in [-0.2, -0.15) is 0 Å². The Balaban J connectivity index is 1.52. The Morgan fingerprint density at radius 2 is 2.00 bits per heavy atom. The van der Waals surface area contributed by atoms with Crippen LogP contribution in [0, 0.1) is 5.82 Å². The lowest BCUT2D eigenvalue weighted by atomic mass is 10.2. The summed E-state index contributed by atoms with van der Waals surface area (Å²) in [5.41, 5.74) is 1.33. The molecule has 0 unspecified atom stereocenters. The lowest BCUT2D eigenvalue weighted by Gasteiger charge is -2.08. The molecule has 0 aliphatic heterocycles. The molecule has 9 heteroatoms. The van der Waals surface area contributed by atoms with E-state index in [1.165, 1.54) is 35.6 Å². The molecule has 150 valence electrons. The van der Waals surface area contributed by atoms with Crippen molar-refractivity contribution in [1.82, 2.24) is 19.2 Å². The van der Waals surface area contributed by atoms with Crippen molar-refractivity contribution in [2.75, 3.05) is 5.32 Å². The van der Waals surface area contributed by atoms with Gasteiger partial charge >= 0.3 is 0 Å². The number of anilines is 1. The molecule has 0 spiro atoms. The number of carbonyl (C=O) groups excluding carboxylic acids is 1. The Labute approximate surface area is 169 Å². The van der Waals surface area contributed by atoms with E-state index in [4.69, 9.17) is 0 Å². The van der Waals surface area contributed by atoms with Gasteiger partial charge in [0.2, 0.25) is 11.7 Å². The van der Waals surface area contributed by atoms with Gasteiger partial charge in [-0.05, 0) is 48.6 Å². The minimum absolute atomic E-state index is 0.0398. The highest BCUT2D eigenvalue weighted by atomic mass is 32.1. The van der Waals surface area contributed by atoms with Crippen molar-refractivity contribution in [2.45, 2.75) is 39.2 Å². The normalized spacial score (nSPS) is 11.4. The standard InChI is InChI=1S/C20H20FN5O2S/c1-2-11-25-19(28)18-15(10-12-29-18)26-16(23-24-20(25)26)4-3-5-17(27)22-14-8-6-13(21)7-9-14/h6-10,12H,2-5,11H2,1H3,(H,22,27). The first kappa shape index (κ1) is 19.3. The molecule has 0 atom stereocenters. The van der Waals surface area contributed by atoms with Crippen molar-refractivity contribution >= 4 is 38.9 Å². The summed E-state index contributed by atoms with van der Waals surface area (Å²) in [6.07, 6.45) is 2.24. The van der Waals surface area contributed by atoms with Crippen LogP contribution in [0.5, 0.6) is 0 Å². The second-order valence-corrected chi connectivity index (χ2v) is 7.67. The van der Waals surface area contributed by atoms with Crippen molar-refractivity contribution in [3.63, 3.8) is 0 Å². The predicted octanol–water partition coefficient (Wildman–Crippen LogP) is 3.62. The van der Waals surface area contributed by atoms with Crippen LogP contribution >= 0.6 is 11.3 Å². The number of amides is 1. The molecule has 4 rings (SSSR count). The third-order valence-electron chi connectivity index (χ3n) is 4.66. The number of fused-ring (bicyclic) bond motifs is 3. The smallest absolute Gasteiger partial charge is 0.272 e. The van der Waals surface area contributed by atoms with Crippen molar-refractivity contribution in [1.29, 1.82) is 0 Å². The van der Waals surface area contributed by atoms with Gasteiger partial charge in [-0.15, -0.1) is 21.5 Å². The molecule has 1 aromatic carbocycles. The van der Waals surface area contributed by atoms with E-state index >= 15 is 0 Å². The topological polar surface area (TPSA) is 81.3 Å². The monoisotopic (exact) mass is 413 g/mol. The lowest BCUT2D eigenvalue weighted by Crippen LogP contribution is -2.22. The number of aromatic nitrogens is 4. The van der Waals surface area contributed by atoms with Gasteiger partial charge in [0.05, 0.1) is 5.52 Å². The Morgan fingerprint density at radius 1 is 1.21 bits per heavy atom. The predicted molar refractivity (Wildman–Crippen MR) is 111 cm³/mol. The molecular weight excluding hydrogens is 393 g/mol. The third-order valence-corrected chi connectivity index (χ3v) is 5.55. The molecule has 0 saturated heterocycles. The zero-order chi connectivity index (χ0) is 20.4. The molecule has 29 heavy (non-hydrogen) atoms. The number of thiophene rings is 1. The number of aryl methyl sites for hydroxylation is 2. The van der Waals surface area contributed by atoms with Crippen LogP contribution in [0.1, 0.15) is 32.0 Å². The van der Waals surface area contributed by atoms with E-state index in [1.807, 2.05) is 22.8 Å². The molecule has 0 bridgehead atoms. The maximum absolute atomic E-state index is 13.0. The van der Waals surface area contributed by atoms with Gasteiger partial charge in [-0.1, -0.05) is 6.92 Å². The number of nitrogens with one attached hydrogen (secondary N) is 1. The Morgan fingerprint density at radius 3 is 2.76 bits per heavy atom. The molecule has 7 nitrogen and oxygen atoms in total. The number of hydrogen-bond donors (Lipinski definition) is 1. The van der Waals surface area contributed by atoms with Gasteiger partial charge in [0.1, 0.15) is 16.3 Å². The van der Waals surface area contributed by atoms with Crippen molar-refractivity contribution in [3.8, 4) is 0 Å². The van der Waals surface area contributed by atoms with Crippen LogP contribution in [0.2, 0.25) is 0 Å². The second kappa shape index (κ2) is 8.12. The van der Waals surface area contributed by atoms with E-state index in [2.05, 4.69) is 15.5 Å². The number of halogens is 1. The van der Waals surface area contributed by atoms with Crippen LogP contribution in [0.25, 0.3) is 16.0 Å². The van der Waals surface area contributed by atoms with E-state index in [1.54, 1.807) is 4.57 Å². The molecule has 0 fully saturated rings. The molecule has 1 amide bonds. The summed E-state index contributed by atoms with van der Waals surface area (Å²) in [5.74, 6) is 0.772. The molecule has 1 N–H and O–H groups in total. The second-order valence-electron chi connectivity index (χ2n) is 6.75. The minimum atomic E-state index is -0.344. The fourth-order valence-corrected chi connectivity index (χ4v) is 4.16. The number of nitrogens with zero attached hydrogens (tertiary/aromatic N) is 4. The number of benzene rings is 1. The first-order valence-electron chi connectivity index (χ1n) is 9.48. The highest BCUT2D eigenvalue weighted by Gasteiger charge is 2.17. The van der Waals surface area contributed by atoms with Gasteiger partial charge in [-0.3, -0.25) is 18.6 Å². The van der Waals surface area contributed by atoms with Crippen LogP contribution in [0.15, 0.2) is 40.5 Å². The average Bonchev–Trinajstić information content (AvgIpc) is 3.34. The molecule has 4 aromatic rings. The molecular formula is C20H20FN5O2S. The summed E-state index contributed by atoms with van der Waals surface area (Å²) in [7, 11) is 0. The molecule has 0 aliphatic carbocycles. The average molecular weight is 413 g/mol. The highest BCUT2D eigenvalue weighted by molar-refractivity contribution is 7.17. The largest absolute Gasteiger partial charge is 0.326 e. The zero-order valence-corrected chi connectivity index (χ0v) is 16.7. The summed E-state index contributed by atoms with van der Waals surface area (Å²) < 4.78 is 17.2. The summed E-state index contributed by atoms with van der Waals surface area (Å²) in [5, 5.41) is 13.2. The zero-order valence-electron chi connectivity index (χ0n) is 15.9. The van der Waals surface area contributed by atoms with Gasteiger partial charge in [0, 0.05) is 25.1 Å². The van der Waals surface area contributed by atoms with Crippen LogP contribution in [0.4, 0.5) is 10.1 Å². The van der Waals surface area contributed by atoms with Gasteiger partial charge in [0.25, 0.3) is 5.56 Å². The van der Waals surface area contributed by atoms with E-state index in [0.29, 0.717) is 42.0 Å². The molecule has 0 aliphatic rings. The minimum Gasteiger partial charge on any atom is -0.326 e. The van der Waals surface area contributed by atoms with Gasteiger partial charge in [0.15, 0.2) is 0 Å². The Bertz CT molecular complexity index is 1230. The SMILES string of the molecule is CCCn1c(=O)c2sccc2n2c(CCCC(=O)Nc3ccc(F)cc3)nnc12. The molecule has 0 saturated carbocycles. The fourth-order valence-electron chi connectivity index (χ4n) is 3.33. The van der Waals surface area contributed by atoms with Crippen molar-refractivity contribution in [2.24, 2.45) is 0 Å². The third kappa shape index (κ3) is 3.77. The van der Waals surface area contributed by atoms with Crippen molar-refractivity contribution < 1.29 is 9.18 Å². The van der Waals surface area contributed by atoms with E-state index in [0.717, 1.165) is 17.8 Å². The number of carbonyl (C=O) groups is 1. The Hall–Kier alpha value is -3.07. The molecule has 0 radical (unpaired) electrons. The van der Waals surface area contributed by atoms with Gasteiger partial charge in [-0.25, -0.2) is 4.39 Å². The summed E-state index contributed by atoms with van der Waals surface area (Å²) >= 11 is 1.41. The van der Waals surface area contributed by atoms with Crippen LogP contribution in [-0.4, -0.2) is 25.1 Å². The summed E-state index contributed by atoms with van der Waals surface area (Å²) in [6.45, 7) is 2.59. The van der Waals surface area contributed by atoms with Gasteiger partial charge < -0.3 is 5.32 Å². The van der Waals surface area contributed by atoms with E-state index < -0.39 is 0 Å². The summed E-state index contributed by atoms with van der Waals surface area (Å²) in [6, 6.07) is 7.57. The van der Waals surface area contributed by atoms with Crippen LogP contribution in [0.3, 0.4) is 0 Å². The lowest BCUT2D eigenvalue weighted by molar-refractivity contribution is -0.116. The first-order valence-corrected chi connectivity index (χ1v) is 10.4. The first-order chi connectivity index (χ1) is 14.1. The summed E-state index contributed by atoms with van der Waals surface area (Å²) in [4.78, 5) is 24.9. The van der Waals surface area contributed by atoms with E-state index in [-0.39, 0.29) is 17.3 Å². The quantitative estimate of drug-likeness (QED) is 0.502. The maximum Gasteiger partial charge on any atom is 0.272 e. The highest BCUT2D eigenvalue weighted by Crippen LogP contribution is 2.20. The van der Waals surface area contributed by atoms with Crippen LogP contribution < -0.4 is 10.9 Å². The van der Waals surface area contributed by atoms with Crippen LogP contribution in [-0.2, 0) is 17.8 Å². The Kier molecular flexibility index (Phi) is 5.39. The number of rotatable bonds is 7. The van der Waals surface area contributed by atoms with Crippen molar-refractivity contribution in [3.05, 3.63) is 57.7 Å². The molecule has 3 aromatic heterocycles. The number of hydrogen-bond acceptors (Lipinski definition) is 5.